The molecule has 6 heteroatoms. The Kier molecular flexibility index (Phi) is 3.71. The highest BCUT2D eigenvalue weighted by Gasteiger charge is 2.18. The van der Waals surface area contributed by atoms with Gasteiger partial charge in [0, 0.05) is 28.3 Å². The molecule has 0 spiro atoms. The molecule has 0 saturated carbocycles. The number of anilines is 1. The van der Waals surface area contributed by atoms with Gasteiger partial charge in [-0.05, 0) is 12.8 Å². The van der Waals surface area contributed by atoms with Crippen molar-refractivity contribution in [3.63, 3.8) is 0 Å². The SMILES string of the molecule is COc1cnc(NC2CCS(=O)CC2)nc1. The van der Waals surface area contributed by atoms with E-state index in [0.717, 1.165) is 24.3 Å². The number of aromatic nitrogens is 2. The van der Waals surface area contributed by atoms with Crippen molar-refractivity contribution in [2.75, 3.05) is 23.9 Å². The third-order valence-electron chi connectivity index (χ3n) is 2.59. The third-order valence-corrected chi connectivity index (χ3v) is 3.97. The molecule has 0 amide bonds. The molecule has 0 atom stereocenters. The van der Waals surface area contributed by atoms with Crippen molar-refractivity contribution in [3.05, 3.63) is 12.4 Å². The third kappa shape index (κ3) is 2.91. The molecule has 1 fully saturated rings. The summed E-state index contributed by atoms with van der Waals surface area (Å²) in [6, 6.07) is 0.339. The van der Waals surface area contributed by atoms with Crippen molar-refractivity contribution in [2.45, 2.75) is 18.9 Å². The highest BCUT2D eigenvalue weighted by Crippen LogP contribution is 2.14. The quantitative estimate of drug-likeness (QED) is 0.848. The van der Waals surface area contributed by atoms with Crippen LogP contribution in [0.5, 0.6) is 5.75 Å². The Balaban J connectivity index is 1.90. The minimum atomic E-state index is -0.625. The van der Waals surface area contributed by atoms with Gasteiger partial charge in [0.25, 0.3) is 0 Å². The number of hydrogen-bond acceptors (Lipinski definition) is 5. The normalized spacial score (nSPS) is 25.1. The van der Waals surface area contributed by atoms with Crippen LogP contribution in [-0.2, 0) is 10.8 Å². The molecule has 2 rings (SSSR count). The van der Waals surface area contributed by atoms with Gasteiger partial charge in [-0.15, -0.1) is 0 Å². The monoisotopic (exact) mass is 241 g/mol. The Morgan fingerprint density at radius 2 is 2.00 bits per heavy atom. The molecule has 1 N–H and O–H groups in total. The van der Waals surface area contributed by atoms with Crippen molar-refractivity contribution >= 4 is 16.7 Å². The van der Waals surface area contributed by atoms with E-state index in [9.17, 15) is 4.21 Å². The van der Waals surface area contributed by atoms with Gasteiger partial charge < -0.3 is 10.1 Å². The first-order valence-electron chi connectivity index (χ1n) is 5.25. The van der Waals surface area contributed by atoms with Gasteiger partial charge >= 0.3 is 0 Å². The molecule has 0 radical (unpaired) electrons. The lowest BCUT2D eigenvalue weighted by atomic mass is 10.2. The van der Waals surface area contributed by atoms with Crippen molar-refractivity contribution in [2.24, 2.45) is 0 Å². The van der Waals surface area contributed by atoms with E-state index in [1.165, 1.54) is 0 Å². The van der Waals surface area contributed by atoms with E-state index >= 15 is 0 Å². The lowest BCUT2D eigenvalue weighted by molar-refractivity contribution is 0.411. The van der Waals surface area contributed by atoms with E-state index in [-0.39, 0.29) is 0 Å². The zero-order chi connectivity index (χ0) is 11.4. The number of methoxy groups -OCH3 is 1. The zero-order valence-corrected chi connectivity index (χ0v) is 10.00. The fraction of sp³-hybridized carbons (Fsp3) is 0.600. The predicted octanol–water partition coefficient (Wildman–Crippen LogP) is 0.808. The van der Waals surface area contributed by atoms with Crippen molar-refractivity contribution in [1.29, 1.82) is 0 Å². The number of nitrogens with one attached hydrogen (secondary N) is 1. The smallest absolute Gasteiger partial charge is 0.223 e. The van der Waals surface area contributed by atoms with Gasteiger partial charge in [0.2, 0.25) is 5.95 Å². The maximum absolute atomic E-state index is 11.2. The summed E-state index contributed by atoms with van der Waals surface area (Å²) in [6.45, 7) is 0. The molecule has 0 aromatic carbocycles. The van der Waals surface area contributed by atoms with Crippen LogP contribution in [0, 0.1) is 0 Å². The average Bonchev–Trinajstić information content (AvgIpc) is 2.33. The molecular formula is C10H15N3O2S. The Morgan fingerprint density at radius 3 is 2.56 bits per heavy atom. The topological polar surface area (TPSA) is 64.1 Å². The van der Waals surface area contributed by atoms with Crippen LogP contribution in [0.25, 0.3) is 0 Å². The van der Waals surface area contributed by atoms with Gasteiger partial charge in [0.15, 0.2) is 5.75 Å². The Morgan fingerprint density at radius 1 is 1.38 bits per heavy atom. The standard InChI is InChI=1S/C10H15N3O2S/c1-15-9-6-11-10(12-7-9)13-8-2-4-16(14)5-3-8/h6-8H,2-5H2,1H3,(H,11,12,13). The minimum Gasteiger partial charge on any atom is -0.494 e. The Bertz CT molecular complexity index is 359. The van der Waals surface area contributed by atoms with E-state index in [1.807, 2.05) is 0 Å². The van der Waals surface area contributed by atoms with Crippen molar-refractivity contribution < 1.29 is 8.95 Å². The molecule has 1 saturated heterocycles. The van der Waals surface area contributed by atoms with Crippen LogP contribution < -0.4 is 10.1 Å². The fourth-order valence-corrected chi connectivity index (χ4v) is 2.92. The Hall–Kier alpha value is -1.17. The maximum Gasteiger partial charge on any atom is 0.223 e. The molecule has 0 aliphatic carbocycles. The van der Waals surface area contributed by atoms with E-state index in [4.69, 9.17) is 4.74 Å². The maximum atomic E-state index is 11.2. The highest BCUT2D eigenvalue weighted by molar-refractivity contribution is 7.85. The van der Waals surface area contributed by atoms with Crippen LogP contribution in [0.15, 0.2) is 12.4 Å². The molecule has 2 heterocycles. The summed E-state index contributed by atoms with van der Waals surface area (Å²) < 4.78 is 16.2. The van der Waals surface area contributed by atoms with E-state index in [0.29, 0.717) is 17.7 Å². The van der Waals surface area contributed by atoms with Gasteiger partial charge in [0.05, 0.1) is 19.5 Å². The molecule has 16 heavy (non-hydrogen) atoms. The number of hydrogen-bond donors (Lipinski definition) is 1. The van der Waals surface area contributed by atoms with Crippen LogP contribution in [-0.4, -0.2) is 38.8 Å². The lowest BCUT2D eigenvalue weighted by Crippen LogP contribution is -2.30. The number of rotatable bonds is 3. The average molecular weight is 241 g/mol. The van der Waals surface area contributed by atoms with Gasteiger partial charge in [-0.25, -0.2) is 9.97 Å². The molecule has 1 aliphatic heterocycles. The first-order chi connectivity index (χ1) is 7.78. The van der Waals surface area contributed by atoms with Crippen molar-refractivity contribution in [1.82, 2.24) is 9.97 Å². The lowest BCUT2D eigenvalue weighted by Gasteiger charge is -2.22. The van der Waals surface area contributed by atoms with Gasteiger partial charge in [-0.3, -0.25) is 4.21 Å². The molecule has 0 bridgehead atoms. The summed E-state index contributed by atoms with van der Waals surface area (Å²) in [5.41, 5.74) is 0. The molecule has 0 unspecified atom stereocenters. The second-order valence-electron chi connectivity index (χ2n) is 3.71. The van der Waals surface area contributed by atoms with E-state index in [1.54, 1.807) is 19.5 Å². The molecule has 5 nitrogen and oxygen atoms in total. The van der Waals surface area contributed by atoms with Crippen molar-refractivity contribution in [3.8, 4) is 5.75 Å². The highest BCUT2D eigenvalue weighted by atomic mass is 32.2. The number of nitrogens with zero attached hydrogens (tertiary/aromatic N) is 2. The summed E-state index contributed by atoms with van der Waals surface area (Å²) in [6.07, 6.45) is 5.11. The van der Waals surface area contributed by atoms with Crippen LogP contribution in [0.1, 0.15) is 12.8 Å². The van der Waals surface area contributed by atoms with E-state index < -0.39 is 10.8 Å². The largest absolute Gasteiger partial charge is 0.494 e. The molecular weight excluding hydrogens is 226 g/mol. The molecule has 88 valence electrons. The second kappa shape index (κ2) is 5.25. The zero-order valence-electron chi connectivity index (χ0n) is 9.18. The number of ether oxygens (including phenoxy) is 1. The van der Waals surface area contributed by atoms with Crippen LogP contribution in [0.4, 0.5) is 5.95 Å². The van der Waals surface area contributed by atoms with Gasteiger partial charge in [-0.1, -0.05) is 0 Å². The summed E-state index contributed by atoms with van der Waals surface area (Å²) in [5, 5.41) is 3.24. The van der Waals surface area contributed by atoms with Gasteiger partial charge in [0.1, 0.15) is 0 Å². The fourth-order valence-electron chi connectivity index (χ4n) is 1.62. The predicted molar refractivity (Wildman–Crippen MR) is 63.1 cm³/mol. The first-order valence-corrected chi connectivity index (χ1v) is 6.74. The minimum absolute atomic E-state index is 0.339. The summed E-state index contributed by atoms with van der Waals surface area (Å²) >= 11 is 0. The summed E-state index contributed by atoms with van der Waals surface area (Å²) in [7, 11) is 0.961. The molecule has 1 aromatic heterocycles. The first kappa shape index (κ1) is 11.3. The molecule has 1 aliphatic rings. The Labute approximate surface area is 97.1 Å². The van der Waals surface area contributed by atoms with Crippen LogP contribution in [0.2, 0.25) is 0 Å². The summed E-state index contributed by atoms with van der Waals surface area (Å²) in [5.74, 6) is 2.80. The summed E-state index contributed by atoms with van der Waals surface area (Å²) in [4.78, 5) is 8.28. The van der Waals surface area contributed by atoms with Crippen LogP contribution in [0.3, 0.4) is 0 Å². The van der Waals surface area contributed by atoms with Gasteiger partial charge in [-0.2, -0.15) is 0 Å². The van der Waals surface area contributed by atoms with Crippen LogP contribution >= 0.6 is 0 Å². The second-order valence-corrected chi connectivity index (χ2v) is 5.41. The molecule has 1 aromatic rings. The van der Waals surface area contributed by atoms with E-state index in [2.05, 4.69) is 15.3 Å².